The smallest absolute Gasteiger partial charge is 0.144 e. The van der Waals surface area contributed by atoms with Crippen LogP contribution in [0.1, 0.15) is 25.8 Å². The molecule has 0 aliphatic heterocycles. The second kappa shape index (κ2) is 4.95. The molecule has 0 saturated heterocycles. The topological polar surface area (TPSA) is 53.2 Å². The number of nitriles is 1. The van der Waals surface area contributed by atoms with Gasteiger partial charge in [0.25, 0.3) is 0 Å². The van der Waals surface area contributed by atoms with Gasteiger partial charge in [0.15, 0.2) is 0 Å². The molecule has 0 amide bonds. The maximum atomic E-state index is 13.2. The predicted molar refractivity (Wildman–Crippen MR) is 57.5 cm³/mol. The SMILES string of the molecule is CC(C)(O)CCOc1ccc(C#N)c(F)c1. The van der Waals surface area contributed by atoms with Gasteiger partial charge in [0, 0.05) is 12.5 Å². The lowest BCUT2D eigenvalue weighted by molar-refractivity contribution is 0.0553. The molecule has 0 radical (unpaired) electrons. The van der Waals surface area contributed by atoms with Crippen LogP contribution in [0.5, 0.6) is 5.75 Å². The van der Waals surface area contributed by atoms with Crippen LogP contribution in [0.4, 0.5) is 4.39 Å². The highest BCUT2D eigenvalue weighted by Gasteiger charge is 2.12. The Morgan fingerprint density at radius 2 is 2.19 bits per heavy atom. The minimum atomic E-state index is -0.800. The van der Waals surface area contributed by atoms with Crippen molar-refractivity contribution in [3.63, 3.8) is 0 Å². The monoisotopic (exact) mass is 223 g/mol. The fraction of sp³-hybridized carbons (Fsp3) is 0.417. The van der Waals surface area contributed by atoms with Crippen molar-refractivity contribution in [1.82, 2.24) is 0 Å². The number of nitrogens with zero attached hydrogens (tertiary/aromatic N) is 1. The molecule has 0 spiro atoms. The summed E-state index contributed by atoms with van der Waals surface area (Å²) in [5, 5.41) is 18.0. The van der Waals surface area contributed by atoms with Gasteiger partial charge in [-0.05, 0) is 26.0 Å². The molecule has 0 unspecified atom stereocenters. The van der Waals surface area contributed by atoms with Crippen molar-refractivity contribution in [2.45, 2.75) is 25.9 Å². The quantitative estimate of drug-likeness (QED) is 0.851. The predicted octanol–water partition coefficient (Wildman–Crippen LogP) is 2.24. The Bertz CT molecular complexity index is 404. The van der Waals surface area contributed by atoms with Crippen molar-refractivity contribution in [1.29, 1.82) is 5.26 Å². The van der Waals surface area contributed by atoms with Crippen LogP contribution in [0.15, 0.2) is 18.2 Å². The summed E-state index contributed by atoms with van der Waals surface area (Å²) < 4.78 is 18.4. The van der Waals surface area contributed by atoms with E-state index in [1.54, 1.807) is 19.9 Å². The van der Waals surface area contributed by atoms with Crippen LogP contribution in [-0.2, 0) is 0 Å². The van der Waals surface area contributed by atoms with E-state index in [-0.39, 0.29) is 5.56 Å². The average Bonchev–Trinajstić information content (AvgIpc) is 2.16. The zero-order valence-electron chi connectivity index (χ0n) is 9.33. The van der Waals surface area contributed by atoms with Crippen molar-refractivity contribution in [2.75, 3.05) is 6.61 Å². The van der Waals surface area contributed by atoms with Gasteiger partial charge < -0.3 is 9.84 Å². The van der Waals surface area contributed by atoms with Crippen LogP contribution in [0.2, 0.25) is 0 Å². The van der Waals surface area contributed by atoms with E-state index in [4.69, 9.17) is 10.00 Å². The fourth-order valence-electron chi connectivity index (χ4n) is 1.09. The standard InChI is InChI=1S/C12H14FNO2/c1-12(2,15)5-6-16-10-4-3-9(8-14)11(13)7-10/h3-4,7,15H,5-6H2,1-2H3. The summed E-state index contributed by atoms with van der Waals surface area (Å²) in [7, 11) is 0. The number of hydrogen-bond donors (Lipinski definition) is 1. The molecular weight excluding hydrogens is 209 g/mol. The Labute approximate surface area is 94.1 Å². The van der Waals surface area contributed by atoms with Crippen LogP contribution in [0.3, 0.4) is 0 Å². The Hall–Kier alpha value is -1.60. The Morgan fingerprint density at radius 3 is 2.69 bits per heavy atom. The van der Waals surface area contributed by atoms with Gasteiger partial charge in [-0.2, -0.15) is 5.26 Å². The molecule has 1 aromatic rings. The van der Waals surface area contributed by atoms with Crippen LogP contribution in [0.25, 0.3) is 0 Å². The molecule has 0 aliphatic rings. The third-order valence-corrected chi connectivity index (χ3v) is 2.04. The van der Waals surface area contributed by atoms with E-state index in [1.165, 1.54) is 18.2 Å². The number of ether oxygens (including phenoxy) is 1. The average molecular weight is 223 g/mol. The van der Waals surface area contributed by atoms with Crippen LogP contribution in [-0.4, -0.2) is 17.3 Å². The van der Waals surface area contributed by atoms with E-state index in [2.05, 4.69) is 0 Å². The van der Waals surface area contributed by atoms with Crippen LogP contribution < -0.4 is 4.74 Å². The largest absolute Gasteiger partial charge is 0.493 e. The second-order valence-electron chi connectivity index (χ2n) is 4.16. The summed E-state index contributed by atoms with van der Waals surface area (Å²) in [6.07, 6.45) is 0.453. The summed E-state index contributed by atoms with van der Waals surface area (Å²) >= 11 is 0. The number of benzene rings is 1. The molecule has 0 heterocycles. The first-order valence-electron chi connectivity index (χ1n) is 4.97. The Morgan fingerprint density at radius 1 is 1.50 bits per heavy atom. The summed E-state index contributed by atoms with van der Waals surface area (Å²) in [6.45, 7) is 3.65. The van der Waals surface area contributed by atoms with Gasteiger partial charge in [-0.15, -0.1) is 0 Å². The highest BCUT2D eigenvalue weighted by atomic mass is 19.1. The van der Waals surface area contributed by atoms with Gasteiger partial charge in [0.1, 0.15) is 17.6 Å². The van der Waals surface area contributed by atoms with E-state index in [1.807, 2.05) is 0 Å². The second-order valence-corrected chi connectivity index (χ2v) is 4.16. The third kappa shape index (κ3) is 3.87. The first kappa shape index (κ1) is 12.5. The molecular formula is C12H14FNO2. The van der Waals surface area contributed by atoms with E-state index in [0.29, 0.717) is 18.8 Å². The van der Waals surface area contributed by atoms with Crippen molar-refractivity contribution >= 4 is 0 Å². The summed E-state index contributed by atoms with van der Waals surface area (Å²) in [6, 6.07) is 5.81. The molecule has 0 bridgehead atoms. The van der Waals surface area contributed by atoms with Gasteiger partial charge in [-0.1, -0.05) is 0 Å². The molecule has 1 aromatic carbocycles. The van der Waals surface area contributed by atoms with Crippen molar-refractivity contribution < 1.29 is 14.2 Å². The first-order chi connectivity index (χ1) is 7.42. The minimum absolute atomic E-state index is 0.00478. The molecule has 0 fully saturated rings. The van der Waals surface area contributed by atoms with E-state index >= 15 is 0 Å². The normalized spacial score (nSPS) is 10.9. The van der Waals surface area contributed by atoms with Gasteiger partial charge in [-0.25, -0.2) is 4.39 Å². The number of rotatable bonds is 4. The molecule has 1 N–H and O–H groups in total. The maximum absolute atomic E-state index is 13.2. The zero-order valence-corrected chi connectivity index (χ0v) is 9.33. The highest BCUT2D eigenvalue weighted by molar-refractivity contribution is 5.36. The van der Waals surface area contributed by atoms with Gasteiger partial charge in [0.2, 0.25) is 0 Å². The fourth-order valence-corrected chi connectivity index (χ4v) is 1.09. The summed E-state index contributed by atoms with van der Waals surface area (Å²) in [5.74, 6) is -0.232. The Kier molecular flexibility index (Phi) is 3.86. The molecule has 3 nitrogen and oxygen atoms in total. The molecule has 16 heavy (non-hydrogen) atoms. The van der Waals surface area contributed by atoms with Crippen molar-refractivity contribution in [3.8, 4) is 11.8 Å². The molecule has 0 atom stereocenters. The van der Waals surface area contributed by atoms with Crippen LogP contribution in [0, 0.1) is 17.1 Å². The summed E-state index contributed by atoms with van der Waals surface area (Å²) in [5.41, 5.74) is -0.805. The van der Waals surface area contributed by atoms with Crippen molar-refractivity contribution in [3.05, 3.63) is 29.6 Å². The van der Waals surface area contributed by atoms with Crippen LogP contribution >= 0.6 is 0 Å². The lowest BCUT2D eigenvalue weighted by Crippen LogP contribution is -2.21. The third-order valence-electron chi connectivity index (χ3n) is 2.04. The number of aliphatic hydroxyl groups is 1. The lowest BCUT2D eigenvalue weighted by atomic mass is 10.1. The van der Waals surface area contributed by atoms with Crippen molar-refractivity contribution in [2.24, 2.45) is 0 Å². The molecule has 1 rings (SSSR count). The van der Waals surface area contributed by atoms with Gasteiger partial charge in [-0.3, -0.25) is 0 Å². The van der Waals surface area contributed by atoms with E-state index < -0.39 is 11.4 Å². The summed E-state index contributed by atoms with van der Waals surface area (Å²) in [4.78, 5) is 0. The maximum Gasteiger partial charge on any atom is 0.144 e. The van der Waals surface area contributed by atoms with E-state index in [9.17, 15) is 9.50 Å². The molecule has 0 saturated carbocycles. The molecule has 86 valence electrons. The minimum Gasteiger partial charge on any atom is -0.493 e. The molecule has 0 aromatic heterocycles. The number of halogens is 1. The lowest BCUT2D eigenvalue weighted by Gasteiger charge is -2.17. The molecule has 4 heteroatoms. The first-order valence-corrected chi connectivity index (χ1v) is 4.97. The highest BCUT2D eigenvalue weighted by Crippen LogP contribution is 2.17. The van der Waals surface area contributed by atoms with Gasteiger partial charge >= 0.3 is 0 Å². The van der Waals surface area contributed by atoms with Gasteiger partial charge in [0.05, 0.1) is 17.8 Å². The Balaban J connectivity index is 2.57. The zero-order chi connectivity index (χ0) is 12.2. The van der Waals surface area contributed by atoms with E-state index in [0.717, 1.165) is 0 Å². The number of hydrogen-bond acceptors (Lipinski definition) is 3. The molecule has 0 aliphatic carbocycles.